The number of anilines is 1. The van der Waals surface area contributed by atoms with Crippen molar-refractivity contribution in [3.63, 3.8) is 0 Å². The molecule has 2 bridgehead atoms. The van der Waals surface area contributed by atoms with Gasteiger partial charge in [0.1, 0.15) is 17.4 Å². The van der Waals surface area contributed by atoms with Crippen molar-refractivity contribution in [1.29, 1.82) is 0 Å². The second-order valence-electron chi connectivity index (χ2n) is 6.39. The first-order valence-electron chi connectivity index (χ1n) is 7.90. The number of benzene rings is 1. The summed E-state index contributed by atoms with van der Waals surface area (Å²) in [6.07, 6.45) is 5.33. The number of aliphatic hydroxyl groups is 1. The highest BCUT2D eigenvalue weighted by Crippen LogP contribution is 2.42. The Morgan fingerprint density at radius 2 is 1.86 bits per heavy atom. The predicted octanol–water partition coefficient (Wildman–Crippen LogP) is 2.87. The summed E-state index contributed by atoms with van der Waals surface area (Å²) in [5.41, 5.74) is 2.51. The first-order valence-corrected chi connectivity index (χ1v) is 7.90. The van der Waals surface area contributed by atoms with Crippen molar-refractivity contribution in [1.82, 2.24) is 9.97 Å². The van der Waals surface area contributed by atoms with Gasteiger partial charge in [-0.1, -0.05) is 12.1 Å². The molecule has 2 aliphatic rings. The third kappa shape index (κ3) is 1.63. The lowest BCUT2D eigenvalue weighted by Crippen LogP contribution is -2.45. The van der Waals surface area contributed by atoms with E-state index in [-0.39, 0.29) is 6.10 Å². The summed E-state index contributed by atoms with van der Waals surface area (Å²) in [6.45, 7) is 0. The minimum absolute atomic E-state index is 0.179. The van der Waals surface area contributed by atoms with Crippen LogP contribution in [0, 0.1) is 0 Å². The first kappa shape index (κ1) is 12.4. The van der Waals surface area contributed by atoms with Gasteiger partial charge in [0.15, 0.2) is 11.4 Å². The van der Waals surface area contributed by atoms with E-state index in [0.29, 0.717) is 12.1 Å². The van der Waals surface area contributed by atoms with E-state index in [0.717, 1.165) is 53.6 Å². The summed E-state index contributed by atoms with van der Waals surface area (Å²) in [7, 11) is 0. The zero-order chi connectivity index (χ0) is 14.7. The van der Waals surface area contributed by atoms with E-state index in [1.807, 2.05) is 24.3 Å². The van der Waals surface area contributed by atoms with Crippen LogP contribution in [0.1, 0.15) is 25.7 Å². The molecule has 2 unspecified atom stereocenters. The average Bonchev–Trinajstić information content (AvgIpc) is 3.03. The first-order chi connectivity index (χ1) is 10.8. The number of aromatic nitrogens is 2. The number of para-hydroxylation sites is 1. The highest BCUT2D eigenvalue weighted by atomic mass is 16.3. The maximum absolute atomic E-state index is 10.00. The lowest BCUT2D eigenvalue weighted by atomic mass is 10.00. The van der Waals surface area contributed by atoms with E-state index in [1.54, 1.807) is 6.33 Å². The highest BCUT2D eigenvalue weighted by Gasteiger charge is 2.42. The third-order valence-corrected chi connectivity index (χ3v) is 5.09. The van der Waals surface area contributed by atoms with Crippen molar-refractivity contribution in [3.05, 3.63) is 30.6 Å². The van der Waals surface area contributed by atoms with Crippen LogP contribution in [0.2, 0.25) is 0 Å². The number of aliphatic hydroxyl groups excluding tert-OH is 1. The molecule has 1 N–H and O–H groups in total. The number of rotatable bonds is 1. The van der Waals surface area contributed by atoms with E-state index in [2.05, 4.69) is 14.9 Å². The van der Waals surface area contributed by atoms with Crippen LogP contribution < -0.4 is 4.90 Å². The number of hydrogen-bond acceptors (Lipinski definition) is 5. The number of fused-ring (bicyclic) bond motifs is 5. The Kier molecular flexibility index (Phi) is 2.50. The van der Waals surface area contributed by atoms with E-state index in [9.17, 15) is 5.11 Å². The fourth-order valence-corrected chi connectivity index (χ4v) is 4.19. The van der Waals surface area contributed by atoms with Crippen molar-refractivity contribution in [2.24, 2.45) is 0 Å². The summed E-state index contributed by atoms with van der Waals surface area (Å²) in [6, 6.07) is 8.70. The normalized spacial score (nSPS) is 27.9. The minimum atomic E-state index is -0.179. The van der Waals surface area contributed by atoms with Crippen LogP contribution in [0.15, 0.2) is 35.0 Å². The smallest absolute Gasteiger partial charge is 0.196 e. The molecule has 2 saturated heterocycles. The molecule has 2 atom stereocenters. The highest BCUT2D eigenvalue weighted by molar-refractivity contribution is 6.05. The molecular formula is C17H17N3O2. The molecule has 0 spiro atoms. The molecule has 0 saturated carbocycles. The second-order valence-corrected chi connectivity index (χ2v) is 6.39. The molecule has 0 radical (unpaired) electrons. The SMILES string of the molecule is OC1CC2CCC(C1)N2c1ncnc2c1oc1ccccc12. The van der Waals surface area contributed by atoms with Gasteiger partial charge >= 0.3 is 0 Å². The number of hydrogen-bond donors (Lipinski definition) is 1. The van der Waals surface area contributed by atoms with Gasteiger partial charge in [-0.25, -0.2) is 9.97 Å². The van der Waals surface area contributed by atoms with Crippen LogP contribution in [0.25, 0.3) is 22.1 Å². The number of furan rings is 1. The van der Waals surface area contributed by atoms with Crippen molar-refractivity contribution >= 4 is 27.9 Å². The average molecular weight is 295 g/mol. The topological polar surface area (TPSA) is 62.4 Å². The van der Waals surface area contributed by atoms with Crippen molar-refractivity contribution in [3.8, 4) is 0 Å². The molecular weight excluding hydrogens is 278 g/mol. The summed E-state index contributed by atoms with van der Waals surface area (Å²) in [4.78, 5) is 11.3. The standard InChI is InChI=1S/C17H17N3O2/c21-12-7-10-5-6-11(8-12)20(10)17-16-15(18-9-19-17)13-3-1-2-4-14(13)22-16/h1-4,9-12,21H,5-8H2. The van der Waals surface area contributed by atoms with E-state index in [1.165, 1.54) is 0 Å². The fourth-order valence-electron chi connectivity index (χ4n) is 4.19. The molecule has 2 aromatic heterocycles. The van der Waals surface area contributed by atoms with Gasteiger partial charge in [0, 0.05) is 17.5 Å². The summed E-state index contributed by atoms with van der Waals surface area (Å²) in [5.74, 6) is 0.889. The third-order valence-electron chi connectivity index (χ3n) is 5.09. The van der Waals surface area contributed by atoms with Gasteiger partial charge in [-0.05, 0) is 37.8 Å². The van der Waals surface area contributed by atoms with Crippen LogP contribution in [-0.2, 0) is 0 Å². The molecule has 0 aliphatic carbocycles. The Bertz CT molecular complexity index is 845. The molecule has 5 nitrogen and oxygen atoms in total. The molecule has 3 aromatic rings. The van der Waals surface area contributed by atoms with Crippen molar-refractivity contribution in [2.75, 3.05) is 4.90 Å². The maximum Gasteiger partial charge on any atom is 0.196 e. The van der Waals surface area contributed by atoms with E-state index >= 15 is 0 Å². The zero-order valence-electron chi connectivity index (χ0n) is 12.1. The van der Waals surface area contributed by atoms with Gasteiger partial charge < -0.3 is 14.4 Å². The number of piperidine rings is 1. The summed E-state index contributed by atoms with van der Waals surface area (Å²) in [5, 5.41) is 11.0. The van der Waals surface area contributed by atoms with Gasteiger partial charge in [0.25, 0.3) is 0 Å². The molecule has 1 aromatic carbocycles. The van der Waals surface area contributed by atoms with Crippen LogP contribution in [0.3, 0.4) is 0 Å². The molecule has 5 heteroatoms. The second kappa shape index (κ2) is 4.43. The predicted molar refractivity (Wildman–Crippen MR) is 83.8 cm³/mol. The fraction of sp³-hybridized carbons (Fsp3) is 0.412. The lowest BCUT2D eigenvalue weighted by molar-refractivity contribution is 0.126. The van der Waals surface area contributed by atoms with Gasteiger partial charge in [-0.15, -0.1) is 0 Å². The van der Waals surface area contributed by atoms with Crippen molar-refractivity contribution in [2.45, 2.75) is 43.9 Å². The Labute approximate surface area is 127 Å². The Morgan fingerprint density at radius 1 is 1.09 bits per heavy atom. The molecule has 4 heterocycles. The Hall–Kier alpha value is -2.14. The molecule has 2 fully saturated rings. The Morgan fingerprint density at radius 3 is 2.68 bits per heavy atom. The molecule has 2 aliphatic heterocycles. The zero-order valence-corrected chi connectivity index (χ0v) is 12.1. The van der Waals surface area contributed by atoms with Gasteiger partial charge in [0.2, 0.25) is 0 Å². The quantitative estimate of drug-likeness (QED) is 0.748. The summed E-state index contributed by atoms with van der Waals surface area (Å²) >= 11 is 0. The molecule has 22 heavy (non-hydrogen) atoms. The van der Waals surface area contributed by atoms with Crippen LogP contribution >= 0.6 is 0 Å². The largest absolute Gasteiger partial charge is 0.450 e. The van der Waals surface area contributed by atoms with Gasteiger partial charge in [0.05, 0.1) is 6.10 Å². The van der Waals surface area contributed by atoms with Crippen LogP contribution in [0.4, 0.5) is 5.82 Å². The minimum Gasteiger partial charge on any atom is -0.450 e. The Balaban J connectivity index is 1.72. The van der Waals surface area contributed by atoms with Gasteiger partial charge in [-0.3, -0.25) is 0 Å². The van der Waals surface area contributed by atoms with Crippen LogP contribution in [0.5, 0.6) is 0 Å². The van der Waals surface area contributed by atoms with E-state index < -0.39 is 0 Å². The number of nitrogens with zero attached hydrogens (tertiary/aromatic N) is 3. The molecule has 0 amide bonds. The maximum atomic E-state index is 10.00. The molecule has 112 valence electrons. The molecule has 5 rings (SSSR count). The van der Waals surface area contributed by atoms with E-state index in [4.69, 9.17) is 4.42 Å². The monoisotopic (exact) mass is 295 g/mol. The lowest BCUT2D eigenvalue weighted by Gasteiger charge is -2.37. The van der Waals surface area contributed by atoms with Crippen molar-refractivity contribution < 1.29 is 9.52 Å². The van der Waals surface area contributed by atoms with Gasteiger partial charge in [-0.2, -0.15) is 0 Å². The van der Waals surface area contributed by atoms with Crippen LogP contribution in [-0.4, -0.2) is 33.3 Å². The summed E-state index contributed by atoms with van der Waals surface area (Å²) < 4.78 is 6.06.